The van der Waals surface area contributed by atoms with Gasteiger partial charge < -0.3 is 15.4 Å². The predicted molar refractivity (Wildman–Crippen MR) is 86.0 cm³/mol. The molecule has 1 aromatic rings. The average Bonchev–Trinajstić information content (AvgIpc) is 2.32. The van der Waals surface area contributed by atoms with Gasteiger partial charge in [-0.1, -0.05) is 0 Å². The van der Waals surface area contributed by atoms with Crippen LogP contribution in [0.15, 0.2) is 18.2 Å². The van der Waals surface area contributed by atoms with Gasteiger partial charge >= 0.3 is 0 Å². The van der Waals surface area contributed by atoms with Gasteiger partial charge in [0.2, 0.25) is 5.91 Å². The van der Waals surface area contributed by atoms with E-state index in [9.17, 15) is 4.79 Å². The maximum absolute atomic E-state index is 11.7. The largest absolute Gasteiger partial charge is 0.491 e. The monoisotopic (exact) mass is 300 g/mol. The molecule has 0 bridgehead atoms. The summed E-state index contributed by atoms with van der Waals surface area (Å²) in [6.45, 7) is 6.83. The third-order valence-corrected chi connectivity index (χ3v) is 2.65. The second kappa shape index (κ2) is 9.61. The maximum Gasteiger partial charge on any atom is 0.224 e. The van der Waals surface area contributed by atoms with Crippen molar-refractivity contribution in [1.29, 1.82) is 0 Å². The molecule has 0 unspecified atom stereocenters. The van der Waals surface area contributed by atoms with Gasteiger partial charge in [-0.25, -0.2) is 0 Å². The summed E-state index contributed by atoms with van der Waals surface area (Å²) in [5.74, 6) is 0.912. The van der Waals surface area contributed by atoms with Gasteiger partial charge in [0.05, 0.1) is 6.10 Å². The molecule has 4 nitrogen and oxygen atoms in total. The fourth-order valence-electron chi connectivity index (χ4n) is 1.76. The van der Waals surface area contributed by atoms with Crippen LogP contribution in [0.5, 0.6) is 5.75 Å². The van der Waals surface area contributed by atoms with E-state index in [-0.39, 0.29) is 24.4 Å². The molecule has 0 aliphatic carbocycles. The highest BCUT2D eigenvalue weighted by Crippen LogP contribution is 2.23. The van der Waals surface area contributed by atoms with Crippen LogP contribution in [0.25, 0.3) is 0 Å². The third kappa shape index (κ3) is 6.78. The van der Waals surface area contributed by atoms with Crippen molar-refractivity contribution in [2.45, 2.75) is 39.7 Å². The standard InChI is InChI=1S/C15H24N2O2.ClH/c1-11(2)19-14-8-7-13(10-12(14)3)17-15(18)6-5-9-16-4;/h7-8,10-11,16H,5-6,9H2,1-4H3,(H,17,18);1H. The molecule has 0 saturated carbocycles. The molecule has 2 N–H and O–H groups in total. The Labute approximate surface area is 127 Å². The smallest absolute Gasteiger partial charge is 0.224 e. The Bertz CT molecular complexity index is 422. The summed E-state index contributed by atoms with van der Waals surface area (Å²) in [4.78, 5) is 11.7. The van der Waals surface area contributed by atoms with Gasteiger partial charge in [0.25, 0.3) is 0 Å². The fourth-order valence-corrected chi connectivity index (χ4v) is 1.76. The summed E-state index contributed by atoms with van der Waals surface area (Å²) >= 11 is 0. The van der Waals surface area contributed by atoms with Gasteiger partial charge in [-0.05, 0) is 64.5 Å². The zero-order valence-electron chi connectivity index (χ0n) is 12.7. The number of hydrogen-bond donors (Lipinski definition) is 2. The number of nitrogens with one attached hydrogen (secondary N) is 2. The Morgan fingerprint density at radius 2 is 2.05 bits per heavy atom. The van der Waals surface area contributed by atoms with Gasteiger partial charge in [-0.15, -0.1) is 12.4 Å². The number of carbonyl (C=O) groups is 1. The van der Waals surface area contributed by atoms with Crippen LogP contribution in [0.2, 0.25) is 0 Å². The number of benzene rings is 1. The minimum Gasteiger partial charge on any atom is -0.491 e. The Hall–Kier alpha value is -1.26. The minimum atomic E-state index is 0. The first kappa shape index (κ1) is 18.7. The highest BCUT2D eigenvalue weighted by molar-refractivity contribution is 5.90. The summed E-state index contributed by atoms with van der Waals surface area (Å²) < 4.78 is 5.66. The lowest BCUT2D eigenvalue weighted by atomic mass is 10.2. The number of ether oxygens (including phenoxy) is 1. The summed E-state index contributed by atoms with van der Waals surface area (Å²) in [5, 5.41) is 5.93. The van der Waals surface area contributed by atoms with Crippen LogP contribution < -0.4 is 15.4 Å². The number of hydrogen-bond acceptors (Lipinski definition) is 3. The van der Waals surface area contributed by atoms with E-state index < -0.39 is 0 Å². The van der Waals surface area contributed by atoms with Gasteiger partial charge in [-0.2, -0.15) is 0 Å². The second-order valence-corrected chi connectivity index (χ2v) is 4.90. The van der Waals surface area contributed by atoms with Crippen molar-refractivity contribution in [2.75, 3.05) is 18.9 Å². The summed E-state index contributed by atoms with van der Waals surface area (Å²) in [6, 6.07) is 5.72. The number of anilines is 1. The molecule has 0 aliphatic heterocycles. The molecule has 0 fully saturated rings. The lowest BCUT2D eigenvalue weighted by Gasteiger charge is -2.13. The zero-order valence-corrected chi connectivity index (χ0v) is 13.5. The lowest BCUT2D eigenvalue weighted by Crippen LogP contribution is -2.15. The minimum absolute atomic E-state index is 0. The van der Waals surface area contributed by atoms with E-state index in [1.807, 2.05) is 46.0 Å². The van der Waals surface area contributed by atoms with Crippen LogP contribution in [0, 0.1) is 6.92 Å². The van der Waals surface area contributed by atoms with E-state index >= 15 is 0 Å². The van der Waals surface area contributed by atoms with Gasteiger partial charge in [-0.3, -0.25) is 4.79 Å². The predicted octanol–water partition coefficient (Wildman–Crippen LogP) is 3.14. The van der Waals surface area contributed by atoms with Gasteiger partial charge in [0.15, 0.2) is 0 Å². The van der Waals surface area contributed by atoms with Crippen LogP contribution in [0.3, 0.4) is 0 Å². The van der Waals surface area contributed by atoms with Crippen LogP contribution in [-0.4, -0.2) is 25.6 Å². The van der Waals surface area contributed by atoms with Crippen molar-refractivity contribution in [3.05, 3.63) is 23.8 Å². The van der Waals surface area contributed by atoms with Crippen molar-refractivity contribution >= 4 is 24.0 Å². The summed E-state index contributed by atoms with van der Waals surface area (Å²) in [7, 11) is 1.88. The van der Waals surface area contributed by atoms with E-state index in [1.165, 1.54) is 0 Å². The van der Waals surface area contributed by atoms with Crippen molar-refractivity contribution in [3.63, 3.8) is 0 Å². The number of aryl methyl sites for hydroxylation is 1. The molecule has 1 aromatic carbocycles. The molecule has 0 atom stereocenters. The number of rotatable bonds is 7. The first-order valence-corrected chi connectivity index (χ1v) is 6.74. The summed E-state index contributed by atoms with van der Waals surface area (Å²) in [5.41, 5.74) is 1.85. The molecule has 0 heterocycles. The quantitative estimate of drug-likeness (QED) is 0.761. The summed E-state index contributed by atoms with van der Waals surface area (Å²) in [6.07, 6.45) is 1.53. The van der Waals surface area contributed by atoms with Crippen LogP contribution >= 0.6 is 12.4 Å². The molecular weight excluding hydrogens is 276 g/mol. The Balaban J connectivity index is 0.00000361. The molecule has 0 radical (unpaired) electrons. The molecule has 0 aromatic heterocycles. The van der Waals surface area contributed by atoms with E-state index in [1.54, 1.807) is 0 Å². The first-order chi connectivity index (χ1) is 9.02. The van der Waals surface area contributed by atoms with Gasteiger partial charge in [0.1, 0.15) is 5.75 Å². The molecule has 1 rings (SSSR count). The molecule has 0 saturated heterocycles. The normalized spacial score (nSPS) is 10.1. The second-order valence-electron chi connectivity index (χ2n) is 4.90. The average molecular weight is 301 g/mol. The molecule has 5 heteroatoms. The number of halogens is 1. The highest BCUT2D eigenvalue weighted by Gasteiger charge is 2.06. The SMILES string of the molecule is CNCCCC(=O)Nc1ccc(OC(C)C)c(C)c1.Cl. The van der Waals surface area contributed by atoms with Crippen molar-refractivity contribution in [3.8, 4) is 5.75 Å². The van der Waals surface area contributed by atoms with Crippen LogP contribution in [0.1, 0.15) is 32.3 Å². The third-order valence-electron chi connectivity index (χ3n) is 2.65. The lowest BCUT2D eigenvalue weighted by molar-refractivity contribution is -0.116. The molecule has 0 aliphatic rings. The maximum atomic E-state index is 11.7. The zero-order chi connectivity index (χ0) is 14.3. The number of carbonyl (C=O) groups excluding carboxylic acids is 1. The Morgan fingerprint density at radius 1 is 1.35 bits per heavy atom. The highest BCUT2D eigenvalue weighted by atomic mass is 35.5. The van der Waals surface area contributed by atoms with E-state index in [2.05, 4.69) is 10.6 Å². The van der Waals surface area contributed by atoms with E-state index in [0.29, 0.717) is 6.42 Å². The molecule has 114 valence electrons. The Morgan fingerprint density at radius 3 is 2.60 bits per heavy atom. The van der Waals surface area contributed by atoms with Crippen molar-refractivity contribution in [2.24, 2.45) is 0 Å². The Kier molecular flexibility index (Phi) is 9.01. The van der Waals surface area contributed by atoms with Crippen molar-refractivity contribution in [1.82, 2.24) is 5.32 Å². The fraction of sp³-hybridized carbons (Fsp3) is 0.533. The van der Waals surface area contributed by atoms with Gasteiger partial charge in [0, 0.05) is 12.1 Å². The number of amides is 1. The molecule has 1 amide bonds. The first-order valence-electron chi connectivity index (χ1n) is 6.74. The molecular formula is C15H25ClN2O2. The topological polar surface area (TPSA) is 50.4 Å². The van der Waals surface area contributed by atoms with Crippen LogP contribution in [0.4, 0.5) is 5.69 Å². The van der Waals surface area contributed by atoms with Crippen LogP contribution in [-0.2, 0) is 4.79 Å². The van der Waals surface area contributed by atoms with E-state index in [4.69, 9.17) is 4.74 Å². The van der Waals surface area contributed by atoms with E-state index in [0.717, 1.165) is 30.0 Å². The van der Waals surface area contributed by atoms with Crippen molar-refractivity contribution < 1.29 is 9.53 Å². The molecule has 0 spiro atoms. The molecule has 20 heavy (non-hydrogen) atoms.